The monoisotopic (exact) mass is 267 g/mol. The summed E-state index contributed by atoms with van der Waals surface area (Å²) in [6.45, 7) is 3.74. The van der Waals surface area contributed by atoms with Crippen LogP contribution in [0.2, 0.25) is 0 Å². The zero-order valence-corrected chi connectivity index (χ0v) is 10.5. The van der Waals surface area contributed by atoms with Crippen molar-refractivity contribution in [2.45, 2.75) is 13.8 Å². The van der Waals surface area contributed by atoms with E-state index in [9.17, 15) is 9.18 Å². The molecule has 2 N–H and O–H groups in total. The van der Waals surface area contributed by atoms with E-state index in [0.29, 0.717) is 5.13 Å². The molecule has 0 aromatic carbocycles. The molecule has 0 saturated carbocycles. The standard InChI is InChI=1S/C11H10FN3O2S/c1-5-6(2)18-11(14-5)15-9-8(12)7(10(16)17)3-4-13-9/h3-4H,1-2H3,(H,16,17)(H,13,14,15). The van der Waals surface area contributed by atoms with Crippen molar-refractivity contribution in [3.63, 3.8) is 0 Å². The fourth-order valence-electron chi connectivity index (χ4n) is 1.32. The normalized spacial score (nSPS) is 10.4. The van der Waals surface area contributed by atoms with E-state index in [4.69, 9.17) is 5.11 Å². The van der Waals surface area contributed by atoms with E-state index in [1.165, 1.54) is 17.5 Å². The average Bonchev–Trinajstić information content (AvgIpc) is 2.60. The molecule has 0 aliphatic heterocycles. The van der Waals surface area contributed by atoms with Crippen LogP contribution in [0.3, 0.4) is 0 Å². The lowest BCUT2D eigenvalue weighted by atomic mass is 10.2. The summed E-state index contributed by atoms with van der Waals surface area (Å²) in [5.41, 5.74) is 0.426. The van der Waals surface area contributed by atoms with Crippen LogP contribution >= 0.6 is 11.3 Å². The van der Waals surface area contributed by atoms with E-state index < -0.39 is 17.3 Å². The largest absolute Gasteiger partial charge is 0.478 e. The predicted molar refractivity (Wildman–Crippen MR) is 66.0 cm³/mol. The van der Waals surface area contributed by atoms with Crippen LogP contribution in [0.5, 0.6) is 0 Å². The third-order valence-electron chi connectivity index (χ3n) is 2.37. The number of anilines is 2. The van der Waals surface area contributed by atoms with Crippen molar-refractivity contribution in [3.05, 3.63) is 34.2 Å². The van der Waals surface area contributed by atoms with Gasteiger partial charge in [0.15, 0.2) is 16.8 Å². The molecule has 2 rings (SSSR count). The summed E-state index contributed by atoms with van der Waals surface area (Å²) in [7, 11) is 0. The van der Waals surface area contributed by atoms with Gasteiger partial charge in [-0.25, -0.2) is 19.2 Å². The molecule has 0 fully saturated rings. The number of carbonyl (C=O) groups is 1. The fourth-order valence-corrected chi connectivity index (χ4v) is 2.14. The predicted octanol–water partition coefficient (Wildman–Crippen LogP) is 2.74. The molecule has 2 aromatic heterocycles. The maximum absolute atomic E-state index is 13.8. The van der Waals surface area contributed by atoms with Crippen LogP contribution < -0.4 is 5.32 Å². The minimum absolute atomic E-state index is 0.136. The van der Waals surface area contributed by atoms with Crippen molar-refractivity contribution in [1.82, 2.24) is 9.97 Å². The van der Waals surface area contributed by atoms with Crippen LogP contribution in [0, 0.1) is 19.7 Å². The summed E-state index contributed by atoms with van der Waals surface area (Å²) >= 11 is 1.36. The number of hydrogen-bond donors (Lipinski definition) is 2. The zero-order valence-electron chi connectivity index (χ0n) is 9.69. The molecule has 7 heteroatoms. The van der Waals surface area contributed by atoms with Crippen LogP contribution in [0.25, 0.3) is 0 Å². The van der Waals surface area contributed by atoms with Gasteiger partial charge in [-0.2, -0.15) is 0 Å². The van der Waals surface area contributed by atoms with E-state index in [2.05, 4.69) is 15.3 Å². The first-order chi connectivity index (χ1) is 8.49. The Morgan fingerprint density at radius 1 is 1.50 bits per heavy atom. The first-order valence-electron chi connectivity index (χ1n) is 5.08. The number of pyridine rings is 1. The Kier molecular flexibility index (Phi) is 3.24. The molecular formula is C11H10FN3O2S. The van der Waals surface area contributed by atoms with Gasteiger partial charge in [0.05, 0.1) is 5.69 Å². The number of carboxylic acid groups (broad SMARTS) is 1. The van der Waals surface area contributed by atoms with Gasteiger partial charge in [0, 0.05) is 11.1 Å². The minimum Gasteiger partial charge on any atom is -0.478 e. The van der Waals surface area contributed by atoms with Gasteiger partial charge in [-0.3, -0.25) is 0 Å². The second kappa shape index (κ2) is 4.69. The van der Waals surface area contributed by atoms with Gasteiger partial charge in [0.1, 0.15) is 5.56 Å². The highest BCUT2D eigenvalue weighted by Gasteiger charge is 2.16. The summed E-state index contributed by atoms with van der Waals surface area (Å²) < 4.78 is 13.8. The van der Waals surface area contributed by atoms with Crippen LogP contribution in [0.15, 0.2) is 12.3 Å². The second-order valence-electron chi connectivity index (χ2n) is 3.61. The lowest BCUT2D eigenvalue weighted by Crippen LogP contribution is -2.05. The second-order valence-corrected chi connectivity index (χ2v) is 4.82. The van der Waals surface area contributed by atoms with Crippen molar-refractivity contribution in [1.29, 1.82) is 0 Å². The van der Waals surface area contributed by atoms with E-state index in [1.54, 1.807) is 0 Å². The summed E-state index contributed by atoms with van der Waals surface area (Å²) in [6.07, 6.45) is 1.24. The van der Waals surface area contributed by atoms with Crippen molar-refractivity contribution in [3.8, 4) is 0 Å². The summed E-state index contributed by atoms with van der Waals surface area (Å²) in [4.78, 5) is 19.7. The Morgan fingerprint density at radius 2 is 2.22 bits per heavy atom. The maximum atomic E-state index is 13.8. The quantitative estimate of drug-likeness (QED) is 0.894. The molecule has 0 atom stereocenters. The summed E-state index contributed by atoms with van der Waals surface area (Å²) in [5, 5.41) is 12.0. The number of aromatic nitrogens is 2. The topological polar surface area (TPSA) is 75.1 Å². The van der Waals surface area contributed by atoms with Crippen molar-refractivity contribution in [2.75, 3.05) is 5.32 Å². The minimum atomic E-state index is -1.33. The SMILES string of the molecule is Cc1nc(Nc2nccc(C(=O)O)c2F)sc1C. The summed E-state index contributed by atoms with van der Waals surface area (Å²) in [6, 6.07) is 1.11. The number of rotatable bonds is 3. The van der Waals surface area contributed by atoms with Gasteiger partial charge < -0.3 is 10.4 Å². The molecule has 94 valence electrons. The Balaban J connectivity index is 2.35. The maximum Gasteiger partial charge on any atom is 0.338 e. The van der Waals surface area contributed by atoms with Crippen LogP contribution in [-0.4, -0.2) is 21.0 Å². The molecule has 0 saturated heterocycles. The number of aryl methyl sites for hydroxylation is 2. The van der Waals surface area contributed by atoms with Gasteiger partial charge >= 0.3 is 5.97 Å². The van der Waals surface area contributed by atoms with Crippen molar-refractivity contribution < 1.29 is 14.3 Å². The number of nitrogens with zero attached hydrogens (tertiary/aromatic N) is 2. The highest BCUT2D eigenvalue weighted by atomic mass is 32.1. The van der Waals surface area contributed by atoms with Crippen molar-refractivity contribution in [2.24, 2.45) is 0 Å². The van der Waals surface area contributed by atoms with Crippen LogP contribution in [0.1, 0.15) is 20.9 Å². The van der Waals surface area contributed by atoms with Crippen LogP contribution in [0.4, 0.5) is 15.3 Å². The molecule has 0 radical (unpaired) electrons. The van der Waals surface area contributed by atoms with E-state index in [-0.39, 0.29) is 5.82 Å². The molecule has 0 spiro atoms. The van der Waals surface area contributed by atoms with Gasteiger partial charge in [-0.15, -0.1) is 11.3 Å². The number of carboxylic acids is 1. The van der Waals surface area contributed by atoms with Crippen molar-refractivity contribution >= 4 is 28.3 Å². The first kappa shape index (κ1) is 12.4. The number of thiazole rings is 1. The smallest absolute Gasteiger partial charge is 0.338 e. The Labute approximate surface area is 106 Å². The van der Waals surface area contributed by atoms with Gasteiger partial charge in [-0.1, -0.05) is 0 Å². The van der Waals surface area contributed by atoms with E-state index in [0.717, 1.165) is 16.6 Å². The summed E-state index contributed by atoms with van der Waals surface area (Å²) in [5.74, 6) is -2.36. The van der Waals surface area contributed by atoms with Crippen LogP contribution in [-0.2, 0) is 0 Å². The Hall–Kier alpha value is -2.02. The molecule has 2 heterocycles. The van der Waals surface area contributed by atoms with E-state index in [1.807, 2.05) is 13.8 Å². The molecule has 18 heavy (non-hydrogen) atoms. The lowest BCUT2D eigenvalue weighted by Gasteiger charge is -2.04. The molecule has 0 unspecified atom stereocenters. The highest BCUT2D eigenvalue weighted by Crippen LogP contribution is 2.25. The van der Waals surface area contributed by atoms with E-state index >= 15 is 0 Å². The average molecular weight is 267 g/mol. The molecule has 2 aromatic rings. The first-order valence-corrected chi connectivity index (χ1v) is 5.89. The Morgan fingerprint density at radius 3 is 2.78 bits per heavy atom. The molecular weight excluding hydrogens is 257 g/mol. The molecule has 5 nitrogen and oxygen atoms in total. The highest BCUT2D eigenvalue weighted by molar-refractivity contribution is 7.15. The lowest BCUT2D eigenvalue weighted by molar-refractivity contribution is 0.0692. The molecule has 0 amide bonds. The van der Waals surface area contributed by atoms with Gasteiger partial charge in [0.2, 0.25) is 0 Å². The number of nitrogens with one attached hydrogen (secondary N) is 1. The Bertz CT molecular complexity index is 593. The third-order valence-corrected chi connectivity index (χ3v) is 3.36. The molecule has 0 aliphatic carbocycles. The third kappa shape index (κ3) is 2.30. The zero-order chi connectivity index (χ0) is 13.3. The number of aromatic carboxylic acids is 1. The fraction of sp³-hybridized carbons (Fsp3) is 0.182. The number of hydrogen-bond acceptors (Lipinski definition) is 5. The number of halogens is 1. The van der Waals surface area contributed by atoms with Gasteiger partial charge in [-0.05, 0) is 19.9 Å². The molecule has 0 bridgehead atoms. The van der Waals surface area contributed by atoms with Gasteiger partial charge in [0.25, 0.3) is 0 Å². The molecule has 0 aliphatic rings.